The van der Waals surface area contributed by atoms with Gasteiger partial charge in [-0.3, -0.25) is 4.98 Å². The molecule has 0 saturated carbocycles. The summed E-state index contributed by atoms with van der Waals surface area (Å²) in [6, 6.07) is 19.8. The normalized spacial score (nSPS) is 17.7. The number of aryl methyl sites for hydroxylation is 2. The molecule has 1 aliphatic carbocycles. The van der Waals surface area contributed by atoms with E-state index in [1.165, 1.54) is 34.2 Å². The molecule has 0 radical (unpaired) electrons. The van der Waals surface area contributed by atoms with E-state index in [0.717, 1.165) is 18.4 Å². The predicted octanol–water partition coefficient (Wildman–Crippen LogP) is 4.82. The first kappa shape index (κ1) is 12.6. The molecule has 0 saturated heterocycles. The van der Waals surface area contributed by atoms with Gasteiger partial charge in [0.25, 0.3) is 0 Å². The second kappa shape index (κ2) is 5.00. The van der Waals surface area contributed by atoms with Crippen molar-refractivity contribution < 1.29 is 0 Å². The van der Waals surface area contributed by atoms with E-state index < -0.39 is 0 Å². The molecule has 3 aromatic rings. The summed E-state index contributed by atoms with van der Waals surface area (Å²) in [6.07, 6.45) is 3.43. The summed E-state index contributed by atoms with van der Waals surface area (Å²) in [7, 11) is 0. The van der Waals surface area contributed by atoms with Gasteiger partial charge in [0, 0.05) is 11.1 Å². The number of aromatic nitrogens is 1. The summed E-state index contributed by atoms with van der Waals surface area (Å²) in [6.45, 7) is 2.14. The predicted molar refractivity (Wildman–Crippen MR) is 87.7 cm³/mol. The fourth-order valence-electron chi connectivity index (χ4n) is 3.46. The molecule has 0 unspecified atom stereocenters. The Morgan fingerprint density at radius 1 is 1.00 bits per heavy atom. The summed E-state index contributed by atoms with van der Waals surface area (Å²) < 4.78 is 0. The first-order valence-corrected chi connectivity index (χ1v) is 7.74. The average Bonchev–Trinajstić information content (AvgIpc) is 2.53. The maximum absolute atomic E-state index is 4.88. The van der Waals surface area contributed by atoms with Crippen LogP contribution in [0.1, 0.15) is 34.7 Å². The Hall–Kier alpha value is -2.15. The van der Waals surface area contributed by atoms with Crippen molar-refractivity contribution in [3.05, 3.63) is 77.0 Å². The molecule has 1 heterocycles. The lowest BCUT2D eigenvalue weighted by Gasteiger charge is -2.24. The van der Waals surface area contributed by atoms with Crippen molar-refractivity contribution in [2.24, 2.45) is 0 Å². The molecule has 0 aliphatic heterocycles. The Labute approximate surface area is 125 Å². The van der Waals surface area contributed by atoms with Gasteiger partial charge in [-0.1, -0.05) is 42.0 Å². The third-order valence-electron chi connectivity index (χ3n) is 4.61. The first-order chi connectivity index (χ1) is 10.3. The van der Waals surface area contributed by atoms with Gasteiger partial charge in [-0.2, -0.15) is 0 Å². The van der Waals surface area contributed by atoms with E-state index in [4.69, 9.17) is 4.98 Å². The van der Waals surface area contributed by atoms with E-state index in [0.29, 0.717) is 5.92 Å². The van der Waals surface area contributed by atoms with Crippen LogP contribution in [0.15, 0.2) is 54.6 Å². The highest BCUT2D eigenvalue weighted by Gasteiger charge is 2.21. The molecule has 1 heteroatoms. The number of benzene rings is 2. The number of pyridine rings is 1. The van der Waals surface area contributed by atoms with Gasteiger partial charge >= 0.3 is 0 Å². The van der Waals surface area contributed by atoms with Gasteiger partial charge in [-0.05, 0) is 61.4 Å². The van der Waals surface area contributed by atoms with Crippen LogP contribution in [0.4, 0.5) is 0 Å². The lowest BCUT2D eigenvalue weighted by atomic mass is 9.82. The molecule has 1 atom stereocenters. The molecule has 2 aromatic carbocycles. The molecule has 21 heavy (non-hydrogen) atoms. The van der Waals surface area contributed by atoms with Gasteiger partial charge in [-0.15, -0.1) is 0 Å². The van der Waals surface area contributed by atoms with Crippen LogP contribution in [-0.4, -0.2) is 4.98 Å². The molecule has 0 spiro atoms. The van der Waals surface area contributed by atoms with E-state index in [1.807, 2.05) is 0 Å². The number of fused-ring (bicyclic) bond motifs is 2. The summed E-state index contributed by atoms with van der Waals surface area (Å²) in [5, 5.41) is 1.28. The second-order valence-electron chi connectivity index (χ2n) is 6.14. The highest BCUT2D eigenvalue weighted by Crippen LogP contribution is 2.33. The van der Waals surface area contributed by atoms with Crippen molar-refractivity contribution in [1.29, 1.82) is 0 Å². The molecule has 1 nitrogen and oxygen atoms in total. The topological polar surface area (TPSA) is 12.9 Å². The van der Waals surface area contributed by atoms with Gasteiger partial charge < -0.3 is 0 Å². The Morgan fingerprint density at radius 3 is 2.71 bits per heavy atom. The molecule has 4 rings (SSSR count). The SMILES string of the molecule is Cc1ccc2nc3c(cc2c1)C[C@H](c1ccccc1)CC3. The van der Waals surface area contributed by atoms with Crippen LogP contribution < -0.4 is 0 Å². The van der Waals surface area contributed by atoms with Gasteiger partial charge in [0.15, 0.2) is 0 Å². The fraction of sp³-hybridized carbons (Fsp3) is 0.250. The average molecular weight is 273 g/mol. The van der Waals surface area contributed by atoms with Crippen LogP contribution in [0.2, 0.25) is 0 Å². The zero-order valence-corrected chi connectivity index (χ0v) is 12.3. The first-order valence-electron chi connectivity index (χ1n) is 7.74. The van der Waals surface area contributed by atoms with Crippen molar-refractivity contribution in [3.8, 4) is 0 Å². The van der Waals surface area contributed by atoms with E-state index >= 15 is 0 Å². The zero-order chi connectivity index (χ0) is 14.2. The minimum Gasteiger partial charge on any atom is -0.253 e. The number of rotatable bonds is 1. The number of hydrogen-bond acceptors (Lipinski definition) is 1. The van der Waals surface area contributed by atoms with Gasteiger partial charge in [-0.25, -0.2) is 0 Å². The van der Waals surface area contributed by atoms with Crippen LogP contribution in [0, 0.1) is 6.92 Å². The van der Waals surface area contributed by atoms with E-state index in [9.17, 15) is 0 Å². The maximum atomic E-state index is 4.88. The lowest BCUT2D eigenvalue weighted by Crippen LogP contribution is -2.14. The Morgan fingerprint density at radius 2 is 1.86 bits per heavy atom. The molecule has 1 aromatic heterocycles. The van der Waals surface area contributed by atoms with Crippen molar-refractivity contribution in [3.63, 3.8) is 0 Å². The summed E-state index contributed by atoms with van der Waals surface area (Å²) in [4.78, 5) is 4.88. The minimum absolute atomic E-state index is 0.641. The third kappa shape index (κ3) is 2.33. The third-order valence-corrected chi connectivity index (χ3v) is 4.61. The molecule has 1 aliphatic rings. The molecule has 0 bridgehead atoms. The summed E-state index contributed by atoms with van der Waals surface area (Å²) in [5.41, 5.74) is 6.65. The lowest BCUT2D eigenvalue weighted by molar-refractivity contribution is 0.576. The maximum Gasteiger partial charge on any atom is 0.0705 e. The molecule has 104 valence electrons. The van der Waals surface area contributed by atoms with E-state index in [1.54, 1.807) is 0 Å². The van der Waals surface area contributed by atoms with Crippen molar-refractivity contribution in [2.45, 2.75) is 32.1 Å². The number of hydrogen-bond donors (Lipinski definition) is 0. The molecule has 0 amide bonds. The van der Waals surface area contributed by atoms with Crippen molar-refractivity contribution in [2.75, 3.05) is 0 Å². The Bertz CT molecular complexity index is 790. The van der Waals surface area contributed by atoms with Gasteiger partial charge in [0.05, 0.1) is 5.52 Å². The minimum atomic E-state index is 0.641. The standard InChI is InChI=1S/C20H19N/c1-14-7-9-19-17(11-14)13-18-12-16(8-10-20(18)21-19)15-5-3-2-4-6-15/h2-7,9,11,13,16H,8,10,12H2,1H3/t16-/m1/s1. The van der Waals surface area contributed by atoms with Gasteiger partial charge in [0.2, 0.25) is 0 Å². The summed E-state index contributed by atoms with van der Waals surface area (Å²) >= 11 is 0. The molecule has 0 fully saturated rings. The van der Waals surface area contributed by atoms with E-state index in [-0.39, 0.29) is 0 Å². The van der Waals surface area contributed by atoms with Crippen LogP contribution in [-0.2, 0) is 12.8 Å². The Kier molecular flexibility index (Phi) is 2.99. The molecular formula is C20H19N. The van der Waals surface area contributed by atoms with E-state index in [2.05, 4.69) is 61.5 Å². The largest absolute Gasteiger partial charge is 0.253 e. The summed E-state index contributed by atoms with van der Waals surface area (Å²) in [5.74, 6) is 0.641. The Balaban J connectivity index is 1.74. The number of nitrogens with zero attached hydrogens (tertiary/aromatic N) is 1. The zero-order valence-electron chi connectivity index (χ0n) is 12.3. The van der Waals surface area contributed by atoms with Crippen molar-refractivity contribution >= 4 is 10.9 Å². The smallest absolute Gasteiger partial charge is 0.0705 e. The van der Waals surface area contributed by atoms with Crippen LogP contribution >= 0.6 is 0 Å². The fourth-order valence-corrected chi connectivity index (χ4v) is 3.46. The molecular weight excluding hydrogens is 254 g/mol. The van der Waals surface area contributed by atoms with Crippen LogP contribution in [0.25, 0.3) is 10.9 Å². The monoisotopic (exact) mass is 273 g/mol. The van der Waals surface area contributed by atoms with Gasteiger partial charge in [0.1, 0.15) is 0 Å². The quantitative estimate of drug-likeness (QED) is 0.619. The highest BCUT2D eigenvalue weighted by atomic mass is 14.7. The van der Waals surface area contributed by atoms with Crippen molar-refractivity contribution in [1.82, 2.24) is 4.98 Å². The van der Waals surface area contributed by atoms with Crippen LogP contribution in [0.3, 0.4) is 0 Å². The van der Waals surface area contributed by atoms with Crippen LogP contribution in [0.5, 0.6) is 0 Å². The highest BCUT2D eigenvalue weighted by molar-refractivity contribution is 5.80. The second-order valence-corrected chi connectivity index (χ2v) is 6.14. The molecule has 0 N–H and O–H groups in total.